The lowest BCUT2D eigenvalue weighted by Crippen LogP contribution is -2.30. The number of hydrogen-bond acceptors (Lipinski definition) is 4. The number of amides is 1. The van der Waals surface area contributed by atoms with Crippen molar-refractivity contribution in [1.82, 2.24) is 4.98 Å². The van der Waals surface area contributed by atoms with Gasteiger partial charge in [0, 0.05) is 16.0 Å². The molecule has 3 aromatic rings. The fourth-order valence-corrected chi connectivity index (χ4v) is 2.90. The lowest BCUT2D eigenvalue weighted by Gasteiger charge is -2.13. The molecule has 0 saturated heterocycles. The van der Waals surface area contributed by atoms with Crippen molar-refractivity contribution in [3.05, 3.63) is 65.0 Å². The van der Waals surface area contributed by atoms with Crippen molar-refractivity contribution in [2.24, 2.45) is 0 Å². The van der Waals surface area contributed by atoms with Crippen molar-refractivity contribution in [3.63, 3.8) is 0 Å². The number of nitrogens with one attached hydrogen (secondary N) is 1. The Hall–Kier alpha value is -2.37. The van der Waals surface area contributed by atoms with Gasteiger partial charge in [-0.2, -0.15) is 0 Å². The van der Waals surface area contributed by atoms with E-state index in [-0.39, 0.29) is 5.91 Å². The molecule has 1 amide bonds. The highest BCUT2D eigenvalue weighted by molar-refractivity contribution is 7.14. The van der Waals surface area contributed by atoms with Crippen LogP contribution in [0.4, 0.5) is 5.13 Å². The second-order valence-electron chi connectivity index (χ2n) is 5.11. The van der Waals surface area contributed by atoms with Gasteiger partial charge < -0.3 is 4.74 Å². The van der Waals surface area contributed by atoms with Gasteiger partial charge in [0.1, 0.15) is 5.75 Å². The van der Waals surface area contributed by atoms with E-state index in [1.165, 1.54) is 11.3 Å². The highest BCUT2D eigenvalue weighted by Crippen LogP contribution is 2.25. The molecule has 1 N–H and O–H groups in total. The summed E-state index contributed by atoms with van der Waals surface area (Å²) in [5.41, 5.74) is 1.85. The zero-order valence-corrected chi connectivity index (χ0v) is 14.5. The van der Waals surface area contributed by atoms with Crippen LogP contribution >= 0.6 is 22.9 Å². The predicted octanol–water partition coefficient (Wildman–Crippen LogP) is 4.87. The van der Waals surface area contributed by atoms with Crippen molar-refractivity contribution in [3.8, 4) is 17.0 Å². The summed E-state index contributed by atoms with van der Waals surface area (Å²) < 4.78 is 5.60. The Morgan fingerprint density at radius 3 is 2.58 bits per heavy atom. The summed E-state index contributed by atoms with van der Waals surface area (Å²) in [5, 5.41) is 5.86. The van der Waals surface area contributed by atoms with E-state index in [1.807, 2.05) is 35.7 Å². The van der Waals surface area contributed by atoms with E-state index in [0.717, 1.165) is 11.3 Å². The summed E-state index contributed by atoms with van der Waals surface area (Å²) in [4.78, 5) is 16.7. The quantitative estimate of drug-likeness (QED) is 0.707. The van der Waals surface area contributed by atoms with Crippen LogP contribution in [0.2, 0.25) is 5.02 Å². The van der Waals surface area contributed by atoms with E-state index >= 15 is 0 Å². The molecule has 1 atom stereocenters. The summed E-state index contributed by atoms with van der Waals surface area (Å²) >= 11 is 7.21. The molecule has 3 rings (SSSR count). The maximum Gasteiger partial charge on any atom is 0.266 e. The van der Waals surface area contributed by atoms with E-state index in [0.29, 0.717) is 15.9 Å². The summed E-state index contributed by atoms with van der Waals surface area (Å²) in [7, 11) is 0. The minimum atomic E-state index is -0.643. The minimum absolute atomic E-state index is 0.251. The van der Waals surface area contributed by atoms with Gasteiger partial charge in [-0.25, -0.2) is 4.98 Å². The second-order valence-corrected chi connectivity index (χ2v) is 6.40. The zero-order valence-electron chi connectivity index (χ0n) is 12.9. The molecule has 2 aromatic carbocycles. The monoisotopic (exact) mass is 358 g/mol. The number of carbonyl (C=O) groups is 1. The Labute approximate surface area is 149 Å². The third kappa shape index (κ3) is 4.13. The van der Waals surface area contributed by atoms with Gasteiger partial charge in [0.2, 0.25) is 0 Å². The molecule has 1 aromatic heterocycles. The van der Waals surface area contributed by atoms with Crippen molar-refractivity contribution in [2.75, 3.05) is 5.32 Å². The van der Waals surface area contributed by atoms with E-state index in [1.54, 1.807) is 31.2 Å². The zero-order chi connectivity index (χ0) is 16.9. The van der Waals surface area contributed by atoms with Crippen LogP contribution in [-0.4, -0.2) is 17.0 Å². The van der Waals surface area contributed by atoms with Crippen molar-refractivity contribution < 1.29 is 9.53 Å². The number of rotatable bonds is 5. The molecule has 0 aliphatic rings. The first kappa shape index (κ1) is 16.5. The van der Waals surface area contributed by atoms with Gasteiger partial charge in [0.25, 0.3) is 5.91 Å². The SMILES string of the molecule is CC(Oc1ccc(Cl)cc1)C(=O)Nc1nc(-c2ccccc2)cs1. The van der Waals surface area contributed by atoms with E-state index < -0.39 is 6.10 Å². The normalized spacial score (nSPS) is 11.8. The van der Waals surface area contributed by atoms with E-state index in [4.69, 9.17) is 16.3 Å². The number of thiazole rings is 1. The van der Waals surface area contributed by atoms with Crippen molar-refractivity contribution in [2.45, 2.75) is 13.0 Å². The molecule has 122 valence electrons. The molecule has 0 spiro atoms. The van der Waals surface area contributed by atoms with Crippen LogP contribution in [0, 0.1) is 0 Å². The fraction of sp³-hybridized carbons (Fsp3) is 0.111. The standard InChI is InChI=1S/C18H15ClN2O2S/c1-12(23-15-9-7-14(19)8-10-15)17(22)21-18-20-16(11-24-18)13-5-3-2-4-6-13/h2-12H,1H3,(H,20,21,22). The molecule has 1 heterocycles. The summed E-state index contributed by atoms with van der Waals surface area (Å²) in [6, 6.07) is 16.7. The number of hydrogen-bond donors (Lipinski definition) is 1. The Kier molecular flexibility index (Phi) is 5.13. The molecule has 0 fully saturated rings. The Bertz CT molecular complexity index is 819. The smallest absolute Gasteiger partial charge is 0.266 e. The van der Waals surface area contributed by atoms with Gasteiger partial charge in [-0.1, -0.05) is 41.9 Å². The third-order valence-corrected chi connectivity index (χ3v) is 4.31. The van der Waals surface area contributed by atoms with E-state index in [9.17, 15) is 4.79 Å². The van der Waals surface area contributed by atoms with E-state index in [2.05, 4.69) is 10.3 Å². The average Bonchev–Trinajstić information content (AvgIpc) is 3.06. The summed E-state index contributed by atoms with van der Waals surface area (Å²) in [6.07, 6.45) is -0.643. The molecule has 24 heavy (non-hydrogen) atoms. The first-order chi connectivity index (χ1) is 11.6. The molecule has 0 aliphatic carbocycles. The van der Waals surface area contributed by atoms with Gasteiger partial charge in [-0.05, 0) is 31.2 Å². The fourth-order valence-electron chi connectivity index (χ4n) is 2.05. The van der Waals surface area contributed by atoms with Gasteiger partial charge >= 0.3 is 0 Å². The number of anilines is 1. The first-order valence-corrected chi connectivity index (χ1v) is 8.61. The molecule has 6 heteroatoms. The van der Waals surface area contributed by atoms with Crippen LogP contribution in [0.1, 0.15) is 6.92 Å². The number of benzene rings is 2. The average molecular weight is 359 g/mol. The summed E-state index contributed by atoms with van der Waals surface area (Å²) in [5.74, 6) is 0.338. The minimum Gasteiger partial charge on any atom is -0.481 e. The number of carbonyl (C=O) groups excluding carboxylic acids is 1. The predicted molar refractivity (Wildman–Crippen MR) is 97.7 cm³/mol. The molecule has 0 radical (unpaired) electrons. The maximum absolute atomic E-state index is 12.2. The van der Waals surface area contributed by atoms with Crippen LogP contribution in [0.15, 0.2) is 60.0 Å². The summed E-state index contributed by atoms with van der Waals surface area (Å²) in [6.45, 7) is 1.69. The van der Waals surface area contributed by atoms with Crippen LogP contribution in [0.5, 0.6) is 5.75 Å². The van der Waals surface area contributed by atoms with Crippen molar-refractivity contribution >= 4 is 34.0 Å². The third-order valence-electron chi connectivity index (χ3n) is 3.30. The lowest BCUT2D eigenvalue weighted by atomic mass is 10.2. The van der Waals surface area contributed by atoms with Crippen LogP contribution in [-0.2, 0) is 4.79 Å². The van der Waals surface area contributed by atoms with Gasteiger partial charge in [-0.15, -0.1) is 11.3 Å². The molecular formula is C18H15ClN2O2S. The Morgan fingerprint density at radius 1 is 1.17 bits per heavy atom. The highest BCUT2D eigenvalue weighted by Gasteiger charge is 2.16. The maximum atomic E-state index is 12.2. The lowest BCUT2D eigenvalue weighted by molar-refractivity contribution is -0.122. The van der Waals surface area contributed by atoms with Crippen LogP contribution < -0.4 is 10.1 Å². The molecule has 0 saturated carbocycles. The topological polar surface area (TPSA) is 51.2 Å². The second kappa shape index (κ2) is 7.47. The Morgan fingerprint density at radius 2 is 1.88 bits per heavy atom. The molecular weight excluding hydrogens is 344 g/mol. The molecule has 0 aliphatic heterocycles. The molecule has 0 bridgehead atoms. The number of halogens is 1. The largest absolute Gasteiger partial charge is 0.481 e. The number of aromatic nitrogens is 1. The van der Waals surface area contributed by atoms with Crippen LogP contribution in [0.25, 0.3) is 11.3 Å². The number of nitrogens with zero attached hydrogens (tertiary/aromatic N) is 1. The number of ether oxygens (including phenoxy) is 1. The van der Waals surface area contributed by atoms with Gasteiger partial charge in [0.05, 0.1) is 5.69 Å². The molecule has 1 unspecified atom stereocenters. The molecule has 4 nitrogen and oxygen atoms in total. The van der Waals surface area contributed by atoms with Crippen LogP contribution in [0.3, 0.4) is 0 Å². The van der Waals surface area contributed by atoms with Crippen molar-refractivity contribution in [1.29, 1.82) is 0 Å². The van der Waals surface area contributed by atoms with Gasteiger partial charge in [-0.3, -0.25) is 10.1 Å². The van der Waals surface area contributed by atoms with Gasteiger partial charge in [0.15, 0.2) is 11.2 Å². The Balaban J connectivity index is 1.62. The highest BCUT2D eigenvalue weighted by atomic mass is 35.5. The first-order valence-electron chi connectivity index (χ1n) is 7.36.